The number of hydrogen-bond acceptors (Lipinski definition) is 8. The molecule has 12 heteroatoms. The lowest BCUT2D eigenvalue weighted by molar-refractivity contribution is -0.129. The lowest BCUT2D eigenvalue weighted by Crippen LogP contribution is -2.41. The Morgan fingerprint density at radius 2 is 1.47 bits per heavy atom. The van der Waals surface area contributed by atoms with E-state index in [1.54, 1.807) is 13.8 Å². The van der Waals surface area contributed by atoms with Crippen LogP contribution in [0.2, 0.25) is 0 Å². The standard InChI is InChI=1S/C20H26N2O8S2/c1-15(2)29-13-12-22(14-20(23)21-24)32(27,28)19-10-6-17(7-11-19)30-16-4-8-18(9-5-16)31(3,25)26/h4-11,15,24H,12-14H2,1-3H3,(H,21,23). The van der Waals surface area contributed by atoms with Crippen molar-refractivity contribution >= 4 is 25.8 Å². The first-order chi connectivity index (χ1) is 14.9. The highest BCUT2D eigenvalue weighted by Gasteiger charge is 2.26. The lowest BCUT2D eigenvalue weighted by atomic mass is 10.3. The first-order valence-electron chi connectivity index (χ1n) is 9.56. The van der Waals surface area contributed by atoms with E-state index in [2.05, 4.69) is 0 Å². The second-order valence-corrected chi connectivity index (χ2v) is 11.1. The average molecular weight is 487 g/mol. The predicted molar refractivity (Wildman–Crippen MR) is 116 cm³/mol. The summed E-state index contributed by atoms with van der Waals surface area (Å²) >= 11 is 0. The van der Waals surface area contributed by atoms with E-state index in [1.165, 1.54) is 54.0 Å². The molecule has 0 fully saturated rings. The van der Waals surface area contributed by atoms with Crippen LogP contribution in [0.4, 0.5) is 0 Å². The van der Waals surface area contributed by atoms with Crippen molar-refractivity contribution in [2.45, 2.75) is 29.7 Å². The van der Waals surface area contributed by atoms with Crippen LogP contribution in [0.3, 0.4) is 0 Å². The smallest absolute Gasteiger partial charge is 0.258 e. The number of sulfonamides is 1. The Morgan fingerprint density at radius 1 is 0.969 bits per heavy atom. The van der Waals surface area contributed by atoms with Crippen molar-refractivity contribution < 1.29 is 36.3 Å². The molecule has 32 heavy (non-hydrogen) atoms. The highest BCUT2D eigenvalue weighted by Crippen LogP contribution is 2.25. The number of benzene rings is 2. The van der Waals surface area contributed by atoms with Gasteiger partial charge in [-0.1, -0.05) is 0 Å². The summed E-state index contributed by atoms with van der Waals surface area (Å²) in [5, 5.41) is 8.77. The predicted octanol–water partition coefficient (Wildman–Crippen LogP) is 1.80. The molecule has 0 heterocycles. The summed E-state index contributed by atoms with van der Waals surface area (Å²) < 4.78 is 60.9. The maximum absolute atomic E-state index is 13.0. The van der Waals surface area contributed by atoms with E-state index >= 15 is 0 Å². The molecule has 0 aliphatic heterocycles. The highest BCUT2D eigenvalue weighted by molar-refractivity contribution is 7.90. The molecule has 0 aliphatic carbocycles. The van der Waals surface area contributed by atoms with Crippen LogP contribution in [0.5, 0.6) is 11.5 Å². The second kappa shape index (κ2) is 10.9. The average Bonchev–Trinajstić information content (AvgIpc) is 2.72. The Kier molecular flexibility index (Phi) is 8.75. The molecule has 2 rings (SSSR count). The minimum absolute atomic E-state index is 0.0697. The van der Waals surface area contributed by atoms with E-state index in [0.29, 0.717) is 11.5 Å². The molecule has 176 valence electrons. The summed E-state index contributed by atoms with van der Waals surface area (Å²) in [4.78, 5) is 11.7. The van der Waals surface area contributed by atoms with Gasteiger partial charge in [-0.05, 0) is 62.4 Å². The second-order valence-electron chi connectivity index (χ2n) is 7.11. The summed E-state index contributed by atoms with van der Waals surface area (Å²) in [5.41, 5.74) is 1.42. The number of nitrogens with zero attached hydrogens (tertiary/aromatic N) is 1. The summed E-state index contributed by atoms with van der Waals surface area (Å²) in [5.74, 6) is -0.172. The van der Waals surface area contributed by atoms with E-state index in [1.807, 2.05) is 0 Å². The van der Waals surface area contributed by atoms with E-state index in [-0.39, 0.29) is 29.0 Å². The Hall–Kier alpha value is -2.51. The molecule has 0 aromatic heterocycles. The molecule has 0 atom stereocenters. The summed E-state index contributed by atoms with van der Waals surface area (Å²) in [6, 6.07) is 11.3. The molecule has 0 radical (unpaired) electrons. The van der Waals surface area contributed by atoms with Gasteiger partial charge in [0, 0.05) is 12.8 Å². The molecule has 0 aliphatic rings. The van der Waals surface area contributed by atoms with E-state index in [9.17, 15) is 21.6 Å². The maximum Gasteiger partial charge on any atom is 0.258 e. The summed E-state index contributed by atoms with van der Waals surface area (Å²) in [7, 11) is -7.38. The molecule has 2 N–H and O–H groups in total. The number of rotatable bonds is 11. The van der Waals surface area contributed by atoms with Gasteiger partial charge in [-0.25, -0.2) is 22.3 Å². The van der Waals surface area contributed by atoms with Crippen LogP contribution in [-0.4, -0.2) is 64.3 Å². The van der Waals surface area contributed by atoms with Gasteiger partial charge in [-0.3, -0.25) is 10.0 Å². The van der Waals surface area contributed by atoms with Gasteiger partial charge in [0.15, 0.2) is 9.84 Å². The molecule has 2 aromatic carbocycles. The van der Waals surface area contributed by atoms with Crippen LogP contribution >= 0.6 is 0 Å². The first kappa shape index (κ1) is 25.7. The minimum Gasteiger partial charge on any atom is -0.457 e. The number of hydrogen-bond donors (Lipinski definition) is 2. The van der Waals surface area contributed by atoms with Gasteiger partial charge in [0.25, 0.3) is 5.91 Å². The molecule has 0 spiro atoms. The van der Waals surface area contributed by atoms with Crippen molar-refractivity contribution in [2.24, 2.45) is 0 Å². The van der Waals surface area contributed by atoms with Crippen LogP contribution < -0.4 is 10.2 Å². The third kappa shape index (κ3) is 7.28. The fourth-order valence-electron chi connectivity index (χ4n) is 2.59. The Bertz CT molecular complexity index is 1110. The number of nitrogens with one attached hydrogen (secondary N) is 1. The summed E-state index contributed by atoms with van der Waals surface area (Å²) in [6.07, 6.45) is 0.985. The molecule has 1 amide bonds. The zero-order chi connectivity index (χ0) is 23.9. The Balaban J connectivity index is 2.17. The molecular formula is C20H26N2O8S2. The first-order valence-corrected chi connectivity index (χ1v) is 12.9. The largest absolute Gasteiger partial charge is 0.457 e. The van der Waals surface area contributed by atoms with Crippen LogP contribution in [0.25, 0.3) is 0 Å². The Labute approximate surface area is 187 Å². The van der Waals surface area contributed by atoms with Gasteiger partial charge in [0.1, 0.15) is 11.5 Å². The molecule has 2 aromatic rings. The van der Waals surface area contributed by atoms with Crippen LogP contribution in [0, 0.1) is 0 Å². The van der Waals surface area contributed by atoms with E-state index in [0.717, 1.165) is 10.6 Å². The van der Waals surface area contributed by atoms with Crippen LogP contribution in [0.1, 0.15) is 13.8 Å². The van der Waals surface area contributed by atoms with Crippen molar-refractivity contribution in [1.82, 2.24) is 9.79 Å². The van der Waals surface area contributed by atoms with Gasteiger partial charge < -0.3 is 9.47 Å². The van der Waals surface area contributed by atoms with Gasteiger partial charge in [-0.15, -0.1) is 0 Å². The summed E-state index contributed by atoms with van der Waals surface area (Å²) in [6.45, 7) is 3.00. The lowest BCUT2D eigenvalue weighted by Gasteiger charge is -2.22. The van der Waals surface area contributed by atoms with Crippen molar-refractivity contribution in [1.29, 1.82) is 0 Å². The normalized spacial score (nSPS) is 12.2. The third-order valence-corrected chi connectivity index (χ3v) is 7.17. The quantitative estimate of drug-likeness (QED) is 0.362. The number of carbonyl (C=O) groups excluding carboxylic acids is 1. The third-order valence-electron chi connectivity index (χ3n) is 4.19. The number of amides is 1. The van der Waals surface area contributed by atoms with Crippen molar-refractivity contribution in [2.75, 3.05) is 26.0 Å². The van der Waals surface area contributed by atoms with E-state index < -0.39 is 32.3 Å². The SMILES string of the molecule is CC(C)OCCN(CC(=O)NO)S(=O)(=O)c1ccc(Oc2ccc(S(C)(=O)=O)cc2)cc1. The fourth-order valence-corrected chi connectivity index (χ4v) is 4.60. The van der Waals surface area contributed by atoms with Crippen molar-refractivity contribution in [3.8, 4) is 11.5 Å². The number of hydroxylamine groups is 1. The zero-order valence-corrected chi connectivity index (χ0v) is 19.5. The number of sulfone groups is 1. The van der Waals surface area contributed by atoms with Crippen molar-refractivity contribution in [3.05, 3.63) is 48.5 Å². The van der Waals surface area contributed by atoms with Crippen molar-refractivity contribution in [3.63, 3.8) is 0 Å². The molecular weight excluding hydrogens is 460 g/mol. The fraction of sp³-hybridized carbons (Fsp3) is 0.350. The highest BCUT2D eigenvalue weighted by atomic mass is 32.2. The minimum atomic E-state index is -4.06. The van der Waals surface area contributed by atoms with Crippen LogP contribution in [-0.2, 0) is 29.4 Å². The topological polar surface area (TPSA) is 139 Å². The molecule has 0 bridgehead atoms. The zero-order valence-electron chi connectivity index (χ0n) is 17.9. The molecule has 0 saturated carbocycles. The Morgan fingerprint density at radius 3 is 1.91 bits per heavy atom. The number of ether oxygens (including phenoxy) is 2. The number of carbonyl (C=O) groups is 1. The maximum atomic E-state index is 13.0. The monoisotopic (exact) mass is 486 g/mol. The van der Waals surface area contributed by atoms with Gasteiger partial charge in [-0.2, -0.15) is 4.31 Å². The molecule has 0 saturated heterocycles. The van der Waals surface area contributed by atoms with Crippen LogP contribution in [0.15, 0.2) is 58.3 Å². The van der Waals surface area contributed by atoms with E-state index in [4.69, 9.17) is 14.7 Å². The molecule has 10 nitrogen and oxygen atoms in total. The van der Waals surface area contributed by atoms with Gasteiger partial charge >= 0.3 is 0 Å². The molecule has 0 unspecified atom stereocenters. The van der Waals surface area contributed by atoms with Gasteiger partial charge in [0.2, 0.25) is 10.0 Å². The van der Waals surface area contributed by atoms with Gasteiger partial charge in [0.05, 0.1) is 29.0 Å².